The number of nitrogens with one attached hydrogen (secondary N) is 1. The van der Waals surface area contributed by atoms with Gasteiger partial charge in [0.1, 0.15) is 17.1 Å². The molecule has 0 unspecified atom stereocenters. The minimum atomic E-state index is -1.08. The summed E-state index contributed by atoms with van der Waals surface area (Å²) in [5.74, 6) is -1.52. The Hall–Kier alpha value is -3.56. The Morgan fingerprint density at radius 3 is 2.17 bits per heavy atom. The molecule has 0 heterocycles. The zero-order valence-corrected chi connectivity index (χ0v) is 12.1. The Labute approximate surface area is 134 Å². The molecule has 2 aromatic rings. The summed E-state index contributed by atoms with van der Waals surface area (Å²) in [6, 6.07) is 7.00. The van der Waals surface area contributed by atoms with Gasteiger partial charge in [0.15, 0.2) is 0 Å². The summed E-state index contributed by atoms with van der Waals surface area (Å²) in [5, 5.41) is 24.8. The highest BCUT2D eigenvalue weighted by molar-refractivity contribution is 5.99. The van der Waals surface area contributed by atoms with Crippen molar-refractivity contribution in [3.05, 3.63) is 73.6 Å². The lowest BCUT2D eigenvalue weighted by Gasteiger charge is -2.09. The lowest BCUT2D eigenvalue weighted by atomic mass is 10.1. The summed E-state index contributed by atoms with van der Waals surface area (Å²) in [4.78, 5) is 31.7. The SMILES string of the molecule is NC(=O)c1cc(NCc2ccc(F)cc2)c([N+](=O)[O-])cc1[N+](=O)[O-]. The molecule has 3 N–H and O–H groups in total. The van der Waals surface area contributed by atoms with E-state index in [4.69, 9.17) is 5.73 Å². The van der Waals surface area contributed by atoms with E-state index in [2.05, 4.69) is 5.32 Å². The molecular formula is C14H11FN4O5. The molecule has 0 bridgehead atoms. The normalized spacial score (nSPS) is 10.2. The van der Waals surface area contributed by atoms with Gasteiger partial charge in [-0.1, -0.05) is 12.1 Å². The fraction of sp³-hybridized carbons (Fsp3) is 0.0714. The number of nitrogens with two attached hydrogens (primary N) is 1. The predicted molar refractivity (Wildman–Crippen MR) is 82.0 cm³/mol. The molecular weight excluding hydrogens is 323 g/mol. The topological polar surface area (TPSA) is 141 Å². The summed E-state index contributed by atoms with van der Waals surface area (Å²) in [6.07, 6.45) is 0. The molecule has 124 valence electrons. The Morgan fingerprint density at radius 2 is 1.67 bits per heavy atom. The van der Waals surface area contributed by atoms with Crippen LogP contribution in [0.15, 0.2) is 36.4 Å². The smallest absolute Gasteiger partial charge is 0.299 e. The monoisotopic (exact) mass is 334 g/mol. The number of nitro benzene ring substituents is 2. The third kappa shape index (κ3) is 3.61. The number of hydrogen-bond acceptors (Lipinski definition) is 6. The van der Waals surface area contributed by atoms with Gasteiger partial charge in [-0.2, -0.15) is 0 Å². The number of nitro groups is 2. The maximum absolute atomic E-state index is 12.9. The molecule has 24 heavy (non-hydrogen) atoms. The molecule has 0 spiro atoms. The second-order valence-electron chi connectivity index (χ2n) is 4.74. The Bertz CT molecular complexity index is 823. The van der Waals surface area contributed by atoms with E-state index in [-0.39, 0.29) is 12.2 Å². The van der Waals surface area contributed by atoms with E-state index in [0.717, 1.165) is 6.07 Å². The number of carbonyl (C=O) groups excluding carboxylic acids is 1. The van der Waals surface area contributed by atoms with Crippen LogP contribution in [-0.4, -0.2) is 15.8 Å². The highest BCUT2D eigenvalue weighted by atomic mass is 19.1. The third-order valence-corrected chi connectivity index (χ3v) is 3.17. The fourth-order valence-electron chi connectivity index (χ4n) is 2.02. The van der Waals surface area contributed by atoms with E-state index >= 15 is 0 Å². The van der Waals surface area contributed by atoms with Gasteiger partial charge in [-0.05, 0) is 23.8 Å². The average Bonchev–Trinajstić information content (AvgIpc) is 2.53. The van der Waals surface area contributed by atoms with Crippen molar-refractivity contribution in [3.8, 4) is 0 Å². The molecule has 2 rings (SSSR count). The fourth-order valence-corrected chi connectivity index (χ4v) is 2.02. The predicted octanol–water partition coefficient (Wildman–Crippen LogP) is 2.35. The van der Waals surface area contributed by atoms with Crippen LogP contribution in [0.3, 0.4) is 0 Å². The molecule has 0 saturated carbocycles. The van der Waals surface area contributed by atoms with E-state index in [1.165, 1.54) is 24.3 Å². The molecule has 9 nitrogen and oxygen atoms in total. The van der Waals surface area contributed by atoms with E-state index in [1.807, 2.05) is 0 Å². The Kier molecular flexibility index (Phi) is 4.68. The van der Waals surface area contributed by atoms with Gasteiger partial charge in [0, 0.05) is 6.54 Å². The zero-order valence-electron chi connectivity index (χ0n) is 12.1. The van der Waals surface area contributed by atoms with Crippen LogP contribution in [0.2, 0.25) is 0 Å². The molecule has 0 aliphatic heterocycles. The molecule has 0 radical (unpaired) electrons. The minimum absolute atomic E-state index is 0.0805. The molecule has 10 heteroatoms. The van der Waals surface area contributed by atoms with Crippen LogP contribution in [-0.2, 0) is 6.54 Å². The number of rotatable bonds is 6. The number of amides is 1. The van der Waals surface area contributed by atoms with Crippen LogP contribution in [0.25, 0.3) is 0 Å². The standard InChI is InChI=1S/C14H11FN4O5/c15-9-3-1-8(2-4-9)7-17-11-5-10(14(16)20)12(18(21)22)6-13(11)19(23)24/h1-6,17H,7H2,(H2,16,20). The maximum atomic E-state index is 12.9. The van der Waals surface area contributed by atoms with Crippen molar-refractivity contribution in [2.24, 2.45) is 5.73 Å². The minimum Gasteiger partial charge on any atom is -0.375 e. The van der Waals surface area contributed by atoms with Crippen molar-refractivity contribution < 1.29 is 19.0 Å². The van der Waals surface area contributed by atoms with Gasteiger partial charge < -0.3 is 11.1 Å². The van der Waals surface area contributed by atoms with Gasteiger partial charge >= 0.3 is 0 Å². The van der Waals surface area contributed by atoms with Gasteiger partial charge in [-0.3, -0.25) is 25.0 Å². The first-order valence-corrected chi connectivity index (χ1v) is 6.54. The van der Waals surface area contributed by atoms with Crippen molar-refractivity contribution in [3.63, 3.8) is 0 Å². The van der Waals surface area contributed by atoms with Gasteiger partial charge in [-0.25, -0.2) is 4.39 Å². The number of primary amides is 1. The van der Waals surface area contributed by atoms with Gasteiger partial charge in [0.05, 0.1) is 15.9 Å². The number of carbonyl (C=O) groups is 1. The first-order chi connectivity index (χ1) is 11.3. The van der Waals surface area contributed by atoms with Crippen LogP contribution in [0.4, 0.5) is 21.5 Å². The number of nitrogens with zero attached hydrogens (tertiary/aromatic N) is 2. The van der Waals surface area contributed by atoms with E-state index in [9.17, 15) is 29.4 Å². The molecule has 0 aliphatic rings. The summed E-state index contributed by atoms with van der Waals surface area (Å²) in [7, 11) is 0. The van der Waals surface area contributed by atoms with Crippen molar-refractivity contribution >= 4 is 23.0 Å². The van der Waals surface area contributed by atoms with Crippen LogP contribution >= 0.6 is 0 Å². The second-order valence-corrected chi connectivity index (χ2v) is 4.74. The highest BCUT2D eigenvalue weighted by Gasteiger charge is 2.26. The van der Waals surface area contributed by atoms with Crippen LogP contribution in [0.5, 0.6) is 0 Å². The summed E-state index contributed by atoms with van der Waals surface area (Å²) >= 11 is 0. The molecule has 2 aromatic carbocycles. The molecule has 0 aromatic heterocycles. The molecule has 1 amide bonds. The zero-order chi connectivity index (χ0) is 17.9. The quantitative estimate of drug-likeness (QED) is 0.613. The lowest BCUT2D eigenvalue weighted by Crippen LogP contribution is -2.15. The van der Waals surface area contributed by atoms with E-state index < -0.39 is 38.5 Å². The van der Waals surface area contributed by atoms with Crippen molar-refractivity contribution in [1.29, 1.82) is 0 Å². The number of hydrogen-bond donors (Lipinski definition) is 2. The van der Waals surface area contributed by atoms with Crippen molar-refractivity contribution in [2.75, 3.05) is 5.32 Å². The summed E-state index contributed by atoms with van der Waals surface area (Å²) < 4.78 is 12.9. The highest BCUT2D eigenvalue weighted by Crippen LogP contribution is 2.32. The van der Waals surface area contributed by atoms with Gasteiger partial charge in [-0.15, -0.1) is 0 Å². The second kappa shape index (κ2) is 6.69. The number of halogens is 1. The van der Waals surface area contributed by atoms with Gasteiger partial charge in [0.2, 0.25) is 0 Å². The molecule has 0 aliphatic carbocycles. The Morgan fingerprint density at radius 1 is 1.08 bits per heavy atom. The summed E-state index contributed by atoms with van der Waals surface area (Å²) in [6.45, 7) is 0.0805. The van der Waals surface area contributed by atoms with E-state index in [0.29, 0.717) is 11.6 Å². The maximum Gasteiger partial charge on any atom is 0.299 e. The number of anilines is 1. The summed E-state index contributed by atoms with van der Waals surface area (Å²) in [5.41, 5.74) is 3.82. The Balaban J connectivity index is 2.41. The lowest BCUT2D eigenvalue weighted by molar-refractivity contribution is -0.393. The third-order valence-electron chi connectivity index (χ3n) is 3.17. The first-order valence-electron chi connectivity index (χ1n) is 6.54. The van der Waals surface area contributed by atoms with Crippen LogP contribution in [0, 0.1) is 26.0 Å². The first kappa shape index (κ1) is 16.8. The largest absolute Gasteiger partial charge is 0.375 e. The molecule has 0 saturated heterocycles. The van der Waals surface area contributed by atoms with Crippen LogP contribution in [0.1, 0.15) is 15.9 Å². The van der Waals surface area contributed by atoms with Crippen molar-refractivity contribution in [1.82, 2.24) is 0 Å². The van der Waals surface area contributed by atoms with Gasteiger partial charge in [0.25, 0.3) is 17.3 Å². The molecule has 0 atom stereocenters. The van der Waals surface area contributed by atoms with Crippen molar-refractivity contribution in [2.45, 2.75) is 6.54 Å². The average molecular weight is 334 g/mol. The van der Waals surface area contributed by atoms with E-state index in [1.54, 1.807) is 0 Å². The van der Waals surface area contributed by atoms with Crippen LogP contribution < -0.4 is 11.1 Å². The number of benzene rings is 2. The molecule has 0 fully saturated rings.